The zero-order valence-corrected chi connectivity index (χ0v) is 12.7. The quantitative estimate of drug-likeness (QED) is 0.861. The largest absolute Gasteiger partial charge is 0.379 e. The average molecular weight is 318 g/mol. The molecular formula is C13H17Cl2N3O2. The Morgan fingerprint density at radius 1 is 1.50 bits per heavy atom. The predicted molar refractivity (Wildman–Crippen MR) is 78.4 cm³/mol. The van der Waals surface area contributed by atoms with Crippen molar-refractivity contribution in [3.05, 3.63) is 28.0 Å². The Bertz CT molecular complexity index is 479. The van der Waals surface area contributed by atoms with Crippen molar-refractivity contribution >= 4 is 29.1 Å². The van der Waals surface area contributed by atoms with Gasteiger partial charge in [-0.2, -0.15) is 0 Å². The summed E-state index contributed by atoms with van der Waals surface area (Å²) in [5, 5.41) is 3.40. The number of morpholine rings is 1. The lowest BCUT2D eigenvalue weighted by Gasteiger charge is -2.29. The molecule has 1 aromatic rings. The summed E-state index contributed by atoms with van der Waals surface area (Å²) in [6.45, 7) is 6.06. The molecule has 2 rings (SSSR count). The van der Waals surface area contributed by atoms with Crippen LogP contribution in [0.5, 0.6) is 0 Å². The fourth-order valence-corrected chi connectivity index (χ4v) is 2.34. The summed E-state index contributed by atoms with van der Waals surface area (Å²) in [6.07, 6.45) is 1.42. The summed E-state index contributed by atoms with van der Waals surface area (Å²) in [4.78, 5) is 18.2. The number of ether oxygens (including phenoxy) is 1. The predicted octanol–water partition coefficient (Wildman–Crippen LogP) is 1.84. The van der Waals surface area contributed by atoms with Gasteiger partial charge in [-0.05, 0) is 13.0 Å². The first kappa shape index (κ1) is 15.5. The number of nitrogens with one attached hydrogen (secondary N) is 1. The number of amides is 1. The van der Waals surface area contributed by atoms with E-state index in [2.05, 4.69) is 15.2 Å². The molecule has 1 aliphatic heterocycles. The summed E-state index contributed by atoms with van der Waals surface area (Å²) in [5.41, 5.74) is 0.410. The Kier molecular flexibility index (Phi) is 5.60. The maximum absolute atomic E-state index is 12.1. The van der Waals surface area contributed by atoms with Crippen LogP contribution in [0, 0.1) is 0 Å². The highest BCUT2D eigenvalue weighted by Crippen LogP contribution is 2.19. The zero-order chi connectivity index (χ0) is 14.5. The van der Waals surface area contributed by atoms with Crippen LogP contribution in [-0.4, -0.2) is 54.7 Å². The Morgan fingerprint density at radius 2 is 2.20 bits per heavy atom. The number of carbonyl (C=O) groups excluding carboxylic acids is 1. The van der Waals surface area contributed by atoms with Crippen LogP contribution < -0.4 is 5.32 Å². The van der Waals surface area contributed by atoms with Gasteiger partial charge in [0.15, 0.2) is 0 Å². The minimum atomic E-state index is -0.197. The minimum absolute atomic E-state index is 0.0371. The zero-order valence-electron chi connectivity index (χ0n) is 11.2. The van der Waals surface area contributed by atoms with Crippen molar-refractivity contribution in [2.45, 2.75) is 13.0 Å². The van der Waals surface area contributed by atoms with Crippen LogP contribution in [0.25, 0.3) is 0 Å². The highest BCUT2D eigenvalue weighted by molar-refractivity contribution is 6.41. The van der Waals surface area contributed by atoms with Gasteiger partial charge < -0.3 is 10.1 Å². The Labute approximate surface area is 128 Å². The molecule has 20 heavy (non-hydrogen) atoms. The summed E-state index contributed by atoms with van der Waals surface area (Å²) in [7, 11) is 0. The van der Waals surface area contributed by atoms with Crippen molar-refractivity contribution in [2.24, 2.45) is 0 Å². The van der Waals surface area contributed by atoms with Crippen LogP contribution in [0.2, 0.25) is 10.2 Å². The van der Waals surface area contributed by atoms with Gasteiger partial charge in [0.05, 0.1) is 23.8 Å². The van der Waals surface area contributed by atoms with Crippen molar-refractivity contribution in [3.63, 3.8) is 0 Å². The molecule has 1 fully saturated rings. The van der Waals surface area contributed by atoms with E-state index in [1.54, 1.807) is 0 Å². The van der Waals surface area contributed by atoms with E-state index in [1.807, 2.05) is 6.92 Å². The van der Waals surface area contributed by atoms with Crippen molar-refractivity contribution in [1.82, 2.24) is 15.2 Å². The van der Waals surface area contributed by atoms with Crippen LogP contribution in [-0.2, 0) is 4.74 Å². The monoisotopic (exact) mass is 317 g/mol. The van der Waals surface area contributed by atoms with Crippen LogP contribution in [0.3, 0.4) is 0 Å². The Hall–Kier alpha value is -0.880. The standard InChI is InChI=1S/C13H17Cl2N3O2/c1-9(8-18-2-4-20-5-3-18)17-13(19)10-6-11(14)12(15)16-7-10/h6-7,9H,2-5,8H2,1H3,(H,17,19). The molecule has 2 heterocycles. The second kappa shape index (κ2) is 7.22. The summed E-state index contributed by atoms with van der Waals surface area (Å²) in [6, 6.07) is 1.56. The second-order valence-corrected chi connectivity index (χ2v) is 5.55. The first-order chi connectivity index (χ1) is 9.56. The molecule has 1 unspecified atom stereocenters. The van der Waals surface area contributed by atoms with Gasteiger partial charge in [-0.3, -0.25) is 9.69 Å². The van der Waals surface area contributed by atoms with E-state index in [0.29, 0.717) is 5.56 Å². The van der Waals surface area contributed by atoms with E-state index in [4.69, 9.17) is 27.9 Å². The van der Waals surface area contributed by atoms with Gasteiger partial charge in [-0.1, -0.05) is 23.2 Å². The van der Waals surface area contributed by atoms with Crippen LogP contribution >= 0.6 is 23.2 Å². The lowest BCUT2D eigenvalue weighted by Crippen LogP contribution is -2.46. The summed E-state index contributed by atoms with van der Waals surface area (Å²) < 4.78 is 5.29. The van der Waals surface area contributed by atoms with E-state index in [0.717, 1.165) is 32.8 Å². The number of rotatable bonds is 4. The molecule has 110 valence electrons. The molecule has 1 N–H and O–H groups in total. The lowest BCUT2D eigenvalue weighted by atomic mass is 10.2. The molecule has 5 nitrogen and oxygen atoms in total. The van der Waals surface area contributed by atoms with Gasteiger partial charge in [0.25, 0.3) is 5.91 Å². The molecule has 1 atom stereocenters. The van der Waals surface area contributed by atoms with Crippen molar-refractivity contribution < 1.29 is 9.53 Å². The second-order valence-electron chi connectivity index (χ2n) is 4.78. The van der Waals surface area contributed by atoms with Crippen LogP contribution in [0.1, 0.15) is 17.3 Å². The molecule has 1 amide bonds. The molecular weight excluding hydrogens is 301 g/mol. The van der Waals surface area contributed by atoms with E-state index in [9.17, 15) is 4.79 Å². The molecule has 0 spiro atoms. The van der Waals surface area contributed by atoms with E-state index in [1.165, 1.54) is 12.3 Å². The molecule has 1 saturated heterocycles. The topological polar surface area (TPSA) is 54.5 Å². The average Bonchev–Trinajstić information content (AvgIpc) is 2.42. The molecule has 0 bridgehead atoms. The third kappa shape index (κ3) is 4.31. The molecule has 0 radical (unpaired) electrons. The number of nitrogens with zero attached hydrogens (tertiary/aromatic N) is 2. The maximum Gasteiger partial charge on any atom is 0.253 e. The van der Waals surface area contributed by atoms with Crippen molar-refractivity contribution in [1.29, 1.82) is 0 Å². The third-order valence-corrected chi connectivity index (χ3v) is 3.76. The number of hydrogen-bond acceptors (Lipinski definition) is 4. The Morgan fingerprint density at radius 3 is 2.85 bits per heavy atom. The lowest BCUT2D eigenvalue weighted by molar-refractivity contribution is 0.0342. The number of hydrogen-bond donors (Lipinski definition) is 1. The van der Waals surface area contributed by atoms with Crippen LogP contribution in [0.15, 0.2) is 12.3 Å². The highest BCUT2D eigenvalue weighted by Gasteiger charge is 2.16. The highest BCUT2D eigenvalue weighted by atomic mass is 35.5. The summed E-state index contributed by atoms with van der Waals surface area (Å²) in [5.74, 6) is -0.197. The van der Waals surface area contributed by atoms with Gasteiger partial charge in [0.2, 0.25) is 0 Å². The molecule has 7 heteroatoms. The molecule has 0 aromatic carbocycles. The van der Waals surface area contributed by atoms with E-state index < -0.39 is 0 Å². The van der Waals surface area contributed by atoms with Gasteiger partial charge in [-0.15, -0.1) is 0 Å². The maximum atomic E-state index is 12.1. The fourth-order valence-electron chi connectivity index (χ4n) is 2.07. The SMILES string of the molecule is CC(CN1CCOCC1)NC(=O)c1cnc(Cl)c(Cl)c1. The number of halogens is 2. The normalized spacial score (nSPS) is 17.8. The number of aromatic nitrogens is 1. The number of pyridine rings is 1. The molecule has 0 saturated carbocycles. The molecule has 1 aliphatic rings. The summed E-state index contributed by atoms with van der Waals surface area (Å²) >= 11 is 11.6. The van der Waals surface area contributed by atoms with Crippen LogP contribution in [0.4, 0.5) is 0 Å². The molecule has 1 aromatic heterocycles. The van der Waals surface area contributed by atoms with Gasteiger partial charge >= 0.3 is 0 Å². The first-order valence-electron chi connectivity index (χ1n) is 6.48. The first-order valence-corrected chi connectivity index (χ1v) is 7.24. The molecule has 0 aliphatic carbocycles. The fraction of sp³-hybridized carbons (Fsp3) is 0.538. The number of carbonyl (C=O) groups is 1. The van der Waals surface area contributed by atoms with Gasteiger partial charge in [0, 0.05) is 31.9 Å². The minimum Gasteiger partial charge on any atom is -0.379 e. The third-order valence-electron chi connectivity index (χ3n) is 3.07. The Balaban J connectivity index is 1.87. The van der Waals surface area contributed by atoms with Gasteiger partial charge in [0.1, 0.15) is 5.15 Å². The van der Waals surface area contributed by atoms with Gasteiger partial charge in [-0.25, -0.2) is 4.98 Å². The van der Waals surface area contributed by atoms with E-state index in [-0.39, 0.29) is 22.1 Å². The van der Waals surface area contributed by atoms with E-state index >= 15 is 0 Å². The smallest absolute Gasteiger partial charge is 0.253 e. The van der Waals surface area contributed by atoms with Crippen molar-refractivity contribution in [3.8, 4) is 0 Å². The van der Waals surface area contributed by atoms with Crippen molar-refractivity contribution in [2.75, 3.05) is 32.8 Å².